The minimum atomic E-state index is -0.421. The van der Waals surface area contributed by atoms with Gasteiger partial charge in [0.2, 0.25) is 5.91 Å². The molecule has 0 aliphatic heterocycles. The molecule has 1 aliphatic carbocycles. The molecule has 0 unspecified atom stereocenters. The number of hydrogen-bond donors (Lipinski definition) is 1. The van der Waals surface area contributed by atoms with Gasteiger partial charge in [0, 0.05) is 30.8 Å². The van der Waals surface area contributed by atoms with Crippen LogP contribution in [0.3, 0.4) is 0 Å². The average Bonchev–Trinajstić information content (AvgIpc) is 3.02. The Labute approximate surface area is 248 Å². The third kappa shape index (κ3) is 5.93. The molecule has 5 aromatic rings. The van der Waals surface area contributed by atoms with Crippen molar-refractivity contribution in [3.8, 4) is 0 Å². The Bertz CT molecular complexity index is 1970. The van der Waals surface area contributed by atoms with Crippen molar-refractivity contribution in [2.75, 3.05) is 6.54 Å². The summed E-state index contributed by atoms with van der Waals surface area (Å²) in [5, 5.41) is 3.52. The number of carbonyl (C=O) groups is 1. The lowest BCUT2D eigenvalue weighted by molar-refractivity contribution is -0.126. The van der Waals surface area contributed by atoms with Crippen LogP contribution in [0.4, 0.5) is 0 Å². The van der Waals surface area contributed by atoms with Crippen molar-refractivity contribution in [1.82, 2.24) is 23.8 Å². The Morgan fingerprint density at radius 3 is 2.42 bits per heavy atom. The number of aryl methyl sites for hydroxylation is 1. The number of rotatable bonds is 8. The number of nitrogens with one attached hydrogen (secondary N) is 1. The molecule has 0 atom stereocenters. The van der Waals surface area contributed by atoms with Gasteiger partial charge in [-0.15, -0.1) is 0 Å². The number of fused-ring (bicyclic) bond motifs is 2. The lowest BCUT2D eigenvalue weighted by Gasteiger charge is -2.28. The minimum Gasteiger partial charge on any atom is -0.356 e. The molecule has 3 heterocycles. The summed E-state index contributed by atoms with van der Waals surface area (Å²) in [7, 11) is 0. The molecule has 0 radical (unpaired) electrons. The van der Waals surface area contributed by atoms with Gasteiger partial charge >= 0.3 is 5.69 Å². The molecule has 3 aromatic heterocycles. The predicted octanol–water partition coefficient (Wildman–Crippen LogP) is 3.69. The van der Waals surface area contributed by atoms with E-state index in [2.05, 4.69) is 22.4 Å². The van der Waals surface area contributed by atoms with Crippen LogP contribution in [-0.2, 0) is 24.3 Å². The Morgan fingerprint density at radius 2 is 1.63 bits per heavy atom. The number of aromatic nitrogens is 4. The predicted molar refractivity (Wildman–Crippen MR) is 166 cm³/mol. The zero-order valence-corrected chi connectivity index (χ0v) is 24.2. The topological polar surface area (TPSA) is 107 Å². The highest BCUT2D eigenvalue weighted by Gasteiger charge is 2.27. The normalized spacial score (nSPS) is 16.9. The second-order valence-corrected chi connectivity index (χ2v) is 11.5. The molecule has 1 amide bonds. The third-order valence-corrected chi connectivity index (χ3v) is 8.60. The van der Waals surface area contributed by atoms with Crippen molar-refractivity contribution in [2.24, 2.45) is 11.8 Å². The summed E-state index contributed by atoms with van der Waals surface area (Å²) >= 11 is 0. The fourth-order valence-electron chi connectivity index (χ4n) is 6.28. The fourth-order valence-corrected chi connectivity index (χ4v) is 6.28. The molecule has 0 saturated heterocycles. The Balaban J connectivity index is 1.19. The summed E-state index contributed by atoms with van der Waals surface area (Å²) in [4.78, 5) is 57.7. The van der Waals surface area contributed by atoms with Crippen molar-refractivity contribution < 1.29 is 4.79 Å². The molecule has 1 N–H and O–H groups in total. The van der Waals surface area contributed by atoms with E-state index in [-0.39, 0.29) is 42.0 Å². The first-order valence-electron chi connectivity index (χ1n) is 14.9. The molecular weight excluding hydrogens is 542 g/mol. The first-order chi connectivity index (χ1) is 20.9. The van der Waals surface area contributed by atoms with Gasteiger partial charge in [0.25, 0.3) is 11.1 Å². The van der Waals surface area contributed by atoms with Crippen LogP contribution >= 0.6 is 0 Å². The first kappa shape index (κ1) is 28.3. The highest BCUT2D eigenvalue weighted by atomic mass is 16.2. The van der Waals surface area contributed by atoms with Gasteiger partial charge in [-0.25, -0.2) is 9.78 Å². The molecule has 0 spiro atoms. The van der Waals surface area contributed by atoms with Crippen LogP contribution in [0.5, 0.6) is 0 Å². The molecule has 9 heteroatoms. The van der Waals surface area contributed by atoms with Crippen LogP contribution in [0.2, 0.25) is 0 Å². The molecule has 220 valence electrons. The van der Waals surface area contributed by atoms with E-state index in [1.807, 2.05) is 37.3 Å². The molecule has 1 aliphatic rings. The van der Waals surface area contributed by atoms with E-state index in [0.29, 0.717) is 28.8 Å². The highest BCUT2D eigenvalue weighted by molar-refractivity contribution is 5.79. The number of benzene rings is 2. The van der Waals surface area contributed by atoms with Gasteiger partial charge in [0.05, 0.1) is 23.1 Å². The largest absolute Gasteiger partial charge is 0.356 e. The maximum atomic E-state index is 13.8. The molecular formula is C34H35N5O4. The molecule has 43 heavy (non-hydrogen) atoms. The van der Waals surface area contributed by atoms with Crippen molar-refractivity contribution in [3.05, 3.63) is 127 Å². The summed E-state index contributed by atoms with van der Waals surface area (Å²) in [6, 6.07) is 24.0. The number of nitrogens with zero attached hydrogens (tertiary/aromatic N) is 4. The third-order valence-electron chi connectivity index (χ3n) is 8.60. The Hall–Kier alpha value is -4.79. The molecule has 2 aromatic carbocycles. The Morgan fingerprint density at radius 1 is 0.884 bits per heavy atom. The highest BCUT2D eigenvalue weighted by Crippen LogP contribution is 2.29. The number of hydrogen-bond acceptors (Lipinski definition) is 5. The lowest BCUT2D eigenvalue weighted by Crippen LogP contribution is -2.42. The number of pyridine rings is 1. The Kier molecular flexibility index (Phi) is 8.05. The van der Waals surface area contributed by atoms with Crippen LogP contribution < -0.4 is 22.1 Å². The monoisotopic (exact) mass is 577 g/mol. The maximum Gasteiger partial charge on any atom is 0.331 e. The minimum absolute atomic E-state index is 0.0567. The standard InChI is InChI=1S/C34H35N5O4/c1-23-8-7-13-30-36-27(20-31(40)39(23)30)22-37-29-12-6-5-11-28(29)33(42)38(34(37)43)21-25-14-16-26(17-15-25)32(41)35-19-18-24-9-3-2-4-10-24/h2-13,20,25-26H,14-19,21-22H2,1H3,(H,35,41). The van der Waals surface area contributed by atoms with E-state index in [9.17, 15) is 19.2 Å². The molecule has 1 saturated carbocycles. The lowest BCUT2D eigenvalue weighted by atomic mass is 9.81. The number of amides is 1. The van der Waals surface area contributed by atoms with Crippen LogP contribution in [0.1, 0.15) is 42.6 Å². The van der Waals surface area contributed by atoms with E-state index in [1.165, 1.54) is 25.2 Å². The number of para-hydroxylation sites is 1. The van der Waals surface area contributed by atoms with Gasteiger partial charge in [0.15, 0.2) is 0 Å². The van der Waals surface area contributed by atoms with Gasteiger partial charge in [0.1, 0.15) is 5.65 Å². The summed E-state index contributed by atoms with van der Waals surface area (Å²) in [6.45, 7) is 2.80. The zero-order chi connectivity index (χ0) is 29.9. The molecule has 9 nitrogen and oxygen atoms in total. The molecule has 1 fully saturated rings. The van der Waals surface area contributed by atoms with Crippen molar-refractivity contribution in [1.29, 1.82) is 0 Å². The van der Waals surface area contributed by atoms with Gasteiger partial charge in [-0.1, -0.05) is 48.5 Å². The quantitative estimate of drug-likeness (QED) is 0.303. The van der Waals surface area contributed by atoms with Crippen LogP contribution in [0, 0.1) is 18.8 Å². The van der Waals surface area contributed by atoms with Gasteiger partial charge in [-0.2, -0.15) is 0 Å². The van der Waals surface area contributed by atoms with Crippen molar-refractivity contribution in [3.63, 3.8) is 0 Å². The van der Waals surface area contributed by atoms with Gasteiger partial charge in [-0.3, -0.25) is 27.9 Å². The first-order valence-corrected chi connectivity index (χ1v) is 14.9. The second kappa shape index (κ2) is 12.2. The zero-order valence-electron chi connectivity index (χ0n) is 24.2. The van der Waals surface area contributed by atoms with Crippen molar-refractivity contribution in [2.45, 2.75) is 52.1 Å². The molecule has 0 bridgehead atoms. The number of carbonyl (C=O) groups excluding carboxylic acids is 1. The summed E-state index contributed by atoms with van der Waals surface area (Å²) < 4.78 is 4.40. The van der Waals surface area contributed by atoms with E-state index in [4.69, 9.17) is 0 Å². The SMILES string of the molecule is Cc1cccc2nc(Cn3c(=O)n(CC4CCC(C(=O)NCCc5ccccc5)CC4)c(=O)c4ccccc43)cc(=O)n12. The smallest absolute Gasteiger partial charge is 0.331 e. The summed E-state index contributed by atoms with van der Waals surface area (Å²) in [5.41, 5.74) is 2.48. The second-order valence-electron chi connectivity index (χ2n) is 11.5. The van der Waals surface area contributed by atoms with Crippen LogP contribution in [0.25, 0.3) is 16.6 Å². The summed E-state index contributed by atoms with van der Waals surface area (Å²) in [5.74, 6) is 0.132. The van der Waals surface area contributed by atoms with Crippen LogP contribution in [-0.4, -0.2) is 31.0 Å². The van der Waals surface area contributed by atoms with E-state index in [1.54, 1.807) is 30.3 Å². The summed E-state index contributed by atoms with van der Waals surface area (Å²) in [6.07, 6.45) is 3.77. The van der Waals surface area contributed by atoms with Gasteiger partial charge in [-0.05, 0) is 74.8 Å². The van der Waals surface area contributed by atoms with E-state index >= 15 is 0 Å². The average molecular weight is 578 g/mol. The van der Waals surface area contributed by atoms with Gasteiger partial charge < -0.3 is 5.32 Å². The molecule has 6 rings (SSSR count). The van der Waals surface area contributed by atoms with E-state index in [0.717, 1.165) is 37.8 Å². The van der Waals surface area contributed by atoms with Crippen molar-refractivity contribution >= 4 is 22.5 Å². The fraction of sp³-hybridized carbons (Fsp3) is 0.324. The van der Waals surface area contributed by atoms with Crippen LogP contribution in [0.15, 0.2) is 93.2 Å². The maximum absolute atomic E-state index is 13.8. The van der Waals surface area contributed by atoms with E-state index < -0.39 is 5.69 Å².